The van der Waals surface area contributed by atoms with Crippen molar-refractivity contribution < 1.29 is 26.4 Å². The van der Waals surface area contributed by atoms with Crippen molar-refractivity contribution >= 4 is 55.9 Å². The van der Waals surface area contributed by atoms with Gasteiger partial charge < -0.3 is 15.5 Å². The van der Waals surface area contributed by atoms with Crippen LogP contribution in [0.25, 0.3) is 0 Å². The van der Waals surface area contributed by atoms with Crippen molar-refractivity contribution in [2.45, 2.75) is 38.1 Å². The van der Waals surface area contributed by atoms with Crippen LogP contribution in [0, 0.1) is 21.0 Å². The van der Waals surface area contributed by atoms with Crippen LogP contribution < -0.4 is 15.4 Å². The smallest absolute Gasteiger partial charge is 0.317 e. The van der Waals surface area contributed by atoms with Crippen LogP contribution in [0.1, 0.15) is 32.1 Å². The van der Waals surface area contributed by atoms with E-state index in [0.29, 0.717) is 3.57 Å². The average molecular weight is 637 g/mol. The fourth-order valence-corrected chi connectivity index (χ4v) is 6.01. The number of rotatable bonds is 6. The zero-order chi connectivity index (χ0) is 25.9. The minimum absolute atomic E-state index is 0.0333. The highest BCUT2D eigenvalue weighted by atomic mass is 127. The van der Waals surface area contributed by atoms with Gasteiger partial charge in [0.05, 0.1) is 11.4 Å². The Morgan fingerprint density at radius 2 is 1.58 bits per heavy atom. The van der Waals surface area contributed by atoms with E-state index in [4.69, 9.17) is 0 Å². The van der Waals surface area contributed by atoms with Crippen LogP contribution in [0.2, 0.25) is 0 Å². The van der Waals surface area contributed by atoms with Crippen LogP contribution >= 0.6 is 22.6 Å². The molecule has 2 fully saturated rings. The van der Waals surface area contributed by atoms with Crippen molar-refractivity contribution in [2.24, 2.45) is 0 Å². The number of anilines is 3. The molecule has 0 bridgehead atoms. The van der Waals surface area contributed by atoms with Crippen LogP contribution in [0.4, 0.5) is 35.0 Å². The molecule has 1 saturated carbocycles. The molecule has 2 aromatic rings. The summed E-state index contributed by atoms with van der Waals surface area (Å²) in [5.74, 6) is -3.27. The first-order valence-electron chi connectivity index (χ1n) is 11.7. The fraction of sp³-hybridized carbons (Fsp3) is 0.435. The van der Waals surface area contributed by atoms with E-state index in [1.807, 2.05) is 22.6 Å². The summed E-state index contributed by atoms with van der Waals surface area (Å²) in [6.07, 6.45) is 5.23. The Morgan fingerprint density at radius 3 is 2.25 bits per heavy atom. The second kappa shape index (κ2) is 11.4. The molecule has 36 heavy (non-hydrogen) atoms. The van der Waals surface area contributed by atoms with Gasteiger partial charge in [-0.2, -0.15) is 12.7 Å². The number of hydrogen-bond acceptors (Lipinski definition) is 4. The van der Waals surface area contributed by atoms with Crippen LogP contribution in [-0.2, 0) is 10.2 Å². The van der Waals surface area contributed by atoms with Gasteiger partial charge in [-0.05, 0) is 65.8 Å². The highest BCUT2D eigenvalue weighted by molar-refractivity contribution is 14.1. The first kappa shape index (κ1) is 26.8. The highest BCUT2D eigenvalue weighted by Crippen LogP contribution is 2.33. The summed E-state index contributed by atoms with van der Waals surface area (Å²) >= 11 is 1.91. The Kier molecular flexibility index (Phi) is 8.50. The second-order valence-electron chi connectivity index (χ2n) is 8.81. The number of urea groups is 1. The fourth-order valence-electron chi connectivity index (χ4n) is 4.33. The van der Waals surface area contributed by atoms with E-state index in [1.54, 1.807) is 11.0 Å². The number of piperazine rings is 1. The van der Waals surface area contributed by atoms with Crippen molar-refractivity contribution in [1.82, 2.24) is 14.5 Å². The lowest BCUT2D eigenvalue weighted by Crippen LogP contribution is -2.55. The van der Waals surface area contributed by atoms with Crippen LogP contribution in [0.15, 0.2) is 30.3 Å². The van der Waals surface area contributed by atoms with E-state index in [2.05, 4.69) is 15.4 Å². The molecule has 2 amide bonds. The summed E-state index contributed by atoms with van der Waals surface area (Å²) in [4.78, 5) is 14.1. The third-order valence-electron chi connectivity index (χ3n) is 6.32. The van der Waals surface area contributed by atoms with E-state index in [-0.39, 0.29) is 49.6 Å². The Morgan fingerprint density at radius 1 is 0.917 bits per heavy atom. The van der Waals surface area contributed by atoms with Crippen LogP contribution in [-0.4, -0.2) is 55.9 Å². The molecule has 2 aromatic carbocycles. The number of hydrogen-bond donors (Lipinski definition) is 3. The number of halogens is 4. The van der Waals surface area contributed by atoms with Gasteiger partial charge in [0.15, 0.2) is 11.6 Å². The molecule has 8 nitrogen and oxygen atoms in total. The molecule has 0 radical (unpaired) electrons. The summed E-state index contributed by atoms with van der Waals surface area (Å²) in [7, 11) is -4.17. The molecule has 0 unspecified atom stereocenters. The molecular weight excluding hydrogens is 610 g/mol. The Balaban J connectivity index is 1.43. The lowest BCUT2D eigenvalue weighted by Gasteiger charge is -2.35. The molecule has 1 aliphatic carbocycles. The van der Waals surface area contributed by atoms with Gasteiger partial charge in [0.1, 0.15) is 11.5 Å². The van der Waals surface area contributed by atoms with E-state index in [0.717, 1.165) is 42.1 Å². The molecule has 4 rings (SSSR count). The average Bonchev–Trinajstić information content (AvgIpc) is 2.85. The number of carbonyl (C=O) groups excluding carboxylic acids is 1. The number of amides is 2. The van der Waals surface area contributed by atoms with Crippen LogP contribution in [0.5, 0.6) is 0 Å². The molecule has 0 spiro atoms. The lowest BCUT2D eigenvalue weighted by atomic mass is 9.96. The Bertz CT molecular complexity index is 1220. The molecule has 1 aliphatic heterocycles. The summed E-state index contributed by atoms with van der Waals surface area (Å²) in [5.41, 5.74) is -0.952. The first-order valence-corrected chi connectivity index (χ1v) is 14.2. The summed E-state index contributed by atoms with van der Waals surface area (Å²) in [5, 5.41) is 5.48. The van der Waals surface area contributed by atoms with Crippen molar-refractivity contribution in [3.63, 3.8) is 0 Å². The number of benzene rings is 2. The van der Waals surface area contributed by atoms with Crippen LogP contribution in [0.3, 0.4) is 0 Å². The lowest BCUT2D eigenvalue weighted by molar-refractivity contribution is 0.166. The van der Waals surface area contributed by atoms with Gasteiger partial charge >= 0.3 is 16.2 Å². The van der Waals surface area contributed by atoms with Gasteiger partial charge in [-0.25, -0.2) is 18.0 Å². The molecule has 0 aromatic heterocycles. The summed E-state index contributed by atoms with van der Waals surface area (Å²) in [6, 6.07) is 5.90. The quantitative estimate of drug-likeness (QED) is 0.398. The number of nitrogens with zero attached hydrogens (tertiary/aromatic N) is 2. The van der Waals surface area contributed by atoms with Gasteiger partial charge in [-0.15, -0.1) is 0 Å². The molecule has 0 atom stereocenters. The molecule has 13 heteroatoms. The molecule has 196 valence electrons. The van der Waals surface area contributed by atoms with Crippen molar-refractivity contribution in [2.75, 3.05) is 36.2 Å². The predicted octanol–water partition coefficient (Wildman–Crippen LogP) is 4.77. The van der Waals surface area contributed by atoms with Gasteiger partial charge in [0, 0.05) is 35.8 Å². The molecule has 2 aliphatic rings. The topological polar surface area (TPSA) is 93.8 Å². The number of nitrogens with one attached hydrogen (secondary N) is 3. The van der Waals surface area contributed by atoms with Gasteiger partial charge in [-0.3, -0.25) is 4.72 Å². The maximum Gasteiger partial charge on any atom is 0.317 e. The van der Waals surface area contributed by atoms with Crippen molar-refractivity contribution in [3.05, 3.63) is 51.4 Å². The third kappa shape index (κ3) is 6.35. The van der Waals surface area contributed by atoms with E-state index >= 15 is 0 Å². The maximum atomic E-state index is 14.6. The molecule has 1 heterocycles. The molecule has 1 saturated heterocycles. The van der Waals surface area contributed by atoms with Crippen molar-refractivity contribution in [3.8, 4) is 0 Å². The largest absolute Gasteiger partial charge is 0.349 e. The second-order valence-corrected chi connectivity index (χ2v) is 11.7. The number of carbonyl (C=O) groups is 1. The normalized spacial score (nSPS) is 17.6. The zero-order valence-electron chi connectivity index (χ0n) is 19.4. The van der Waals surface area contributed by atoms with E-state index in [1.165, 1.54) is 18.6 Å². The van der Waals surface area contributed by atoms with Gasteiger partial charge in [0.25, 0.3) is 0 Å². The van der Waals surface area contributed by atoms with Gasteiger partial charge in [0.2, 0.25) is 0 Å². The minimum atomic E-state index is -4.17. The molecule has 3 N–H and O–H groups in total. The van der Waals surface area contributed by atoms with Crippen molar-refractivity contribution in [1.29, 1.82) is 0 Å². The summed E-state index contributed by atoms with van der Waals surface area (Å²) < 4.78 is 73.0. The SMILES string of the molecule is O=C(NC1CCCCC1)N1CCN(S(=O)(=O)Nc2ccc(F)c(F)c2Nc2ccc(I)cc2F)CC1. The third-order valence-corrected chi connectivity index (χ3v) is 8.52. The van der Waals surface area contributed by atoms with E-state index in [9.17, 15) is 26.4 Å². The first-order chi connectivity index (χ1) is 17.1. The van der Waals surface area contributed by atoms with Gasteiger partial charge in [-0.1, -0.05) is 19.3 Å². The minimum Gasteiger partial charge on any atom is -0.349 e. The maximum absolute atomic E-state index is 14.6. The highest BCUT2D eigenvalue weighted by Gasteiger charge is 2.31. The summed E-state index contributed by atoms with van der Waals surface area (Å²) in [6.45, 7) is 0.448. The zero-order valence-corrected chi connectivity index (χ0v) is 22.3. The molecular formula is C23H27F3IN5O3S. The standard InChI is InChI=1S/C23H27F3IN5O3S/c24-17-7-9-20(22(21(17)26)29-19-8-6-15(27)14-18(19)25)30-36(34,35)32-12-10-31(11-13-32)23(33)28-16-4-2-1-3-5-16/h6-9,14,16,29-30H,1-5,10-13H2,(H,28,33). The Hall–Kier alpha value is -2.26. The monoisotopic (exact) mass is 637 g/mol. The predicted molar refractivity (Wildman–Crippen MR) is 140 cm³/mol. The Labute approximate surface area is 221 Å². The van der Waals surface area contributed by atoms with E-state index < -0.39 is 33.3 Å².